The van der Waals surface area contributed by atoms with Crippen LogP contribution in [0.2, 0.25) is 0 Å². The third-order valence-corrected chi connectivity index (χ3v) is 1.44. The normalized spacial score (nSPS) is 9.62. The number of amides is 1. The Balaban J connectivity index is 3.03. The van der Waals surface area contributed by atoms with Gasteiger partial charge in [0.25, 0.3) is 0 Å². The first-order valence-corrected chi connectivity index (χ1v) is 3.32. The Bertz CT molecular complexity index is 339. The zero-order valence-electron chi connectivity index (χ0n) is 6.51. The van der Waals surface area contributed by atoms with Gasteiger partial charge in [0, 0.05) is 6.07 Å². The number of aromatic hydroxyl groups is 2. The van der Waals surface area contributed by atoms with Crippen LogP contribution in [0.15, 0.2) is 18.2 Å². The minimum Gasteiger partial charge on any atom is -0.504 e. The third-order valence-electron chi connectivity index (χ3n) is 1.44. The van der Waals surface area contributed by atoms with Crippen LogP contribution in [0.1, 0.15) is 0 Å². The second-order valence-corrected chi connectivity index (χ2v) is 2.33. The van der Waals surface area contributed by atoms with Crippen LogP contribution in [-0.4, -0.2) is 21.4 Å². The van der Waals surface area contributed by atoms with Gasteiger partial charge in [-0.05, 0) is 12.1 Å². The van der Waals surface area contributed by atoms with Gasteiger partial charge in [-0.25, -0.2) is 15.6 Å². The smallest absolute Gasteiger partial charge is 0.426 e. The minimum atomic E-state index is -1.36. The Hall–Kier alpha value is -1.95. The summed E-state index contributed by atoms with van der Waals surface area (Å²) in [6.07, 6.45) is -1.36. The van der Waals surface area contributed by atoms with Crippen molar-refractivity contribution in [3.63, 3.8) is 0 Å². The van der Waals surface area contributed by atoms with Crippen molar-refractivity contribution in [2.45, 2.75) is 0 Å². The largest absolute Gasteiger partial charge is 0.504 e. The Morgan fingerprint density at radius 2 is 1.92 bits per heavy atom. The quantitative estimate of drug-likeness (QED) is 0.219. The summed E-state index contributed by atoms with van der Waals surface area (Å²) < 4.78 is 0. The Kier molecular flexibility index (Phi) is 2.25. The van der Waals surface area contributed by atoms with Gasteiger partial charge in [-0.2, -0.15) is 0 Å². The van der Waals surface area contributed by atoms with Crippen LogP contribution >= 0.6 is 0 Å². The Morgan fingerprint density at radius 1 is 1.31 bits per heavy atom. The van der Waals surface area contributed by atoms with Crippen LogP contribution < -0.4 is 10.9 Å². The highest BCUT2D eigenvalue weighted by atomic mass is 16.4. The fraction of sp³-hybridized carbons (Fsp3) is 0. The second kappa shape index (κ2) is 3.20. The molecule has 1 aromatic rings. The number of anilines is 1. The molecule has 1 amide bonds. The fourth-order valence-corrected chi connectivity index (χ4v) is 0.772. The van der Waals surface area contributed by atoms with Crippen LogP contribution in [-0.2, 0) is 0 Å². The third kappa shape index (κ3) is 1.79. The standard InChI is InChI=1S/C7H8N2O4/c8-9(7(12)13)4-1-2-5(10)6(11)3-4/h1-3,10-11H,8H2,(H,12,13). The van der Waals surface area contributed by atoms with Gasteiger partial charge >= 0.3 is 6.09 Å². The number of benzene rings is 1. The highest BCUT2D eigenvalue weighted by Gasteiger charge is 2.10. The van der Waals surface area contributed by atoms with E-state index in [0.717, 1.165) is 12.1 Å². The first-order chi connectivity index (χ1) is 6.02. The van der Waals surface area contributed by atoms with E-state index in [4.69, 9.17) is 21.2 Å². The molecule has 13 heavy (non-hydrogen) atoms. The molecule has 0 saturated carbocycles. The molecule has 6 heteroatoms. The number of rotatable bonds is 1. The van der Waals surface area contributed by atoms with E-state index >= 15 is 0 Å². The fourth-order valence-electron chi connectivity index (χ4n) is 0.772. The zero-order chi connectivity index (χ0) is 10.0. The van der Waals surface area contributed by atoms with E-state index in [1.54, 1.807) is 0 Å². The number of phenolic OH excluding ortho intramolecular Hbond substituents is 2. The summed E-state index contributed by atoms with van der Waals surface area (Å²) in [7, 11) is 0. The van der Waals surface area contributed by atoms with Crippen molar-refractivity contribution < 1.29 is 20.1 Å². The van der Waals surface area contributed by atoms with Crippen LogP contribution in [0, 0.1) is 0 Å². The van der Waals surface area contributed by atoms with Gasteiger partial charge in [0.15, 0.2) is 11.5 Å². The van der Waals surface area contributed by atoms with E-state index < -0.39 is 11.8 Å². The molecule has 0 radical (unpaired) electrons. The predicted octanol–water partition coefficient (Wildman–Crippen LogP) is 0.456. The van der Waals surface area contributed by atoms with Gasteiger partial charge in [0.05, 0.1) is 5.69 Å². The van der Waals surface area contributed by atoms with Crippen molar-refractivity contribution in [2.24, 2.45) is 5.84 Å². The van der Waals surface area contributed by atoms with E-state index in [1.165, 1.54) is 6.07 Å². The minimum absolute atomic E-state index is 0.0720. The lowest BCUT2D eigenvalue weighted by atomic mass is 10.3. The topological polar surface area (TPSA) is 107 Å². The monoisotopic (exact) mass is 184 g/mol. The molecule has 1 aromatic carbocycles. The molecule has 5 N–H and O–H groups in total. The lowest BCUT2D eigenvalue weighted by Gasteiger charge is -2.12. The molecule has 0 heterocycles. The van der Waals surface area contributed by atoms with Crippen molar-refractivity contribution in [3.8, 4) is 11.5 Å². The molecule has 0 spiro atoms. The number of hydrazine groups is 1. The molecular weight excluding hydrogens is 176 g/mol. The van der Waals surface area contributed by atoms with E-state index in [0.29, 0.717) is 5.01 Å². The van der Waals surface area contributed by atoms with Crippen LogP contribution in [0.3, 0.4) is 0 Å². The maximum atomic E-state index is 10.4. The maximum Gasteiger partial charge on any atom is 0.426 e. The van der Waals surface area contributed by atoms with E-state index in [2.05, 4.69) is 0 Å². The van der Waals surface area contributed by atoms with Crippen LogP contribution in [0.25, 0.3) is 0 Å². The average Bonchev–Trinajstić information content (AvgIpc) is 2.08. The summed E-state index contributed by atoms with van der Waals surface area (Å²) in [4.78, 5) is 10.4. The molecule has 0 aromatic heterocycles. The SMILES string of the molecule is NN(C(=O)O)c1ccc(O)c(O)c1. The highest BCUT2D eigenvalue weighted by molar-refractivity contribution is 5.85. The van der Waals surface area contributed by atoms with Crippen molar-refractivity contribution in [2.75, 3.05) is 5.01 Å². The molecule has 0 aliphatic rings. The van der Waals surface area contributed by atoms with Crippen molar-refractivity contribution in [3.05, 3.63) is 18.2 Å². The zero-order valence-corrected chi connectivity index (χ0v) is 6.51. The molecule has 0 saturated heterocycles. The number of nitrogens with two attached hydrogens (primary N) is 1. The molecule has 0 unspecified atom stereocenters. The van der Waals surface area contributed by atoms with Gasteiger partial charge in [-0.15, -0.1) is 0 Å². The maximum absolute atomic E-state index is 10.4. The molecule has 0 aliphatic carbocycles. The molecule has 0 atom stereocenters. The number of nitrogens with zero attached hydrogens (tertiary/aromatic N) is 1. The molecular formula is C7H8N2O4. The second-order valence-electron chi connectivity index (χ2n) is 2.33. The lowest BCUT2D eigenvalue weighted by Crippen LogP contribution is -2.35. The van der Waals surface area contributed by atoms with Crippen LogP contribution in [0.5, 0.6) is 11.5 Å². The Morgan fingerprint density at radius 3 is 2.38 bits per heavy atom. The van der Waals surface area contributed by atoms with Crippen molar-refractivity contribution in [1.82, 2.24) is 0 Å². The van der Waals surface area contributed by atoms with Gasteiger partial charge in [0.2, 0.25) is 0 Å². The van der Waals surface area contributed by atoms with Crippen molar-refractivity contribution in [1.29, 1.82) is 0 Å². The van der Waals surface area contributed by atoms with Gasteiger partial charge in [0.1, 0.15) is 0 Å². The number of carbonyl (C=O) groups is 1. The van der Waals surface area contributed by atoms with Gasteiger partial charge < -0.3 is 15.3 Å². The molecule has 1 rings (SSSR count). The number of hydrogen-bond donors (Lipinski definition) is 4. The van der Waals surface area contributed by atoms with E-state index in [1.807, 2.05) is 0 Å². The van der Waals surface area contributed by atoms with E-state index in [-0.39, 0.29) is 11.4 Å². The summed E-state index contributed by atoms with van der Waals surface area (Å²) in [5.41, 5.74) is 0.0720. The first kappa shape index (κ1) is 9.14. The van der Waals surface area contributed by atoms with Crippen molar-refractivity contribution >= 4 is 11.8 Å². The average molecular weight is 184 g/mol. The summed E-state index contributed by atoms with van der Waals surface area (Å²) in [6.45, 7) is 0. The van der Waals surface area contributed by atoms with Crippen LogP contribution in [0.4, 0.5) is 10.5 Å². The summed E-state index contributed by atoms with van der Waals surface area (Å²) in [6, 6.07) is 3.46. The molecule has 0 fully saturated rings. The van der Waals surface area contributed by atoms with E-state index in [9.17, 15) is 4.79 Å². The highest BCUT2D eigenvalue weighted by Crippen LogP contribution is 2.28. The number of hydrogen-bond acceptors (Lipinski definition) is 4. The first-order valence-electron chi connectivity index (χ1n) is 3.32. The lowest BCUT2D eigenvalue weighted by molar-refractivity contribution is 0.202. The summed E-state index contributed by atoms with van der Waals surface area (Å²) in [5.74, 6) is 4.34. The summed E-state index contributed by atoms with van der Waals surface area (Å²) >= 11 is 0. The van der Waals surface area contributed by atoms with Gasteiger partial charge in [-0.3, -0.25) is 0 Å². The number of carboxylic acid groups (broad SMARTS) is 1. The molecule has 0 bridgehead atoms. The number of phenols is 2. The molecule has 70 valence electrons. The summed E-state index contributed by atoms with van der Waals surface area (Å²) in [5, 5.41) is 26.8. The Labute approximate surface area is 73.4 Å². The molecule has 6 nitrogen and oxygen atoms in total. The predicted molar refractivity (Wildman–Crippen MR) is 44.5 cm³/mol. The molecule has 0 aliphatic heterocycles. The van der Waals surface area contributed by atoms with Gasteiger partial charge in [-0.1, -0.05) is 0 Å².